The Bertz CT molecular complexity index is 1030. The number of hydrogen-bond acceptors (Lipinski definition) is 4. The summed E-state index contributed by atoms with van der Waals surface area (Å²) < 4.78 is 1.68. The second kappa shape index (κ2) is 9.08. The van der Waals surface area contributed by atoms with Crippen LogP contribution >= 0.6 is 23.2 Å². The molecule has 1 aromatic heterocycles. The first kappa shape index (κ1) is 20.7. The van der Waals surface area contributed by atoms with E-state index < -0.39 is 0 Å². The quantitative estimate of drug-likeness (QED) is 0.643. The van der Waals surface area contributed by atoms with Crippen LogP contribution in [0, 0.1) is 0 Å². The number of nitrogens with zero attached hydrogens (tertiary/aromatic N) is 4. The molecule has 6 nitrogen and oxygen atoms in total. The number of halogens is 2. The zero-order valence-electron chi connectivity index (χ0n) is 16.7. The molecule has 0 radical (unpaired) electrons. The van der Waals surface area contributed by atoms with Crippen molar-refractivity contribution in [3.05, 3.63) is 64.6 Å². The van der Waals surface area contributed by atoms with Crippen LogP contribution in [-0.4, -0.2) is 53.3 Å². The second-order valence-corrected chi connectivity index (χ2v) is 8.21. The van der Waals surface area contributed by atoms with Crippen molar-refractivity contribution in [3.8, 4) is 11.3 Å². The lowest BCUT2D eigenvalue weighted by atomic mass is 10.1. The largest absolute Gasteiger partial charge is 0.369 e. The lowest BCUT2D eigenvalue weighted by Crippen LogP contribution is -2.48. The number of rotatable bonds is 5. The van der Waals surface area contributed by atoms with Gasteiger partial charge in [-0.2, -0.15) is 5.10 Å². The average molecular weight is 444 g/mol. The van der Waals surface area contributed by atoms with Crippen LogP contribution in [0.3, 0.4) is 0 Å². The molecule has 1 aliphatic rings. The minimum Gasteiger partial charge on any atom is -0.369 e. The summed E-state index contributed by atoms with van der Waals surface area (Å²) in [5.74, 6) is 0.624. The van der Waals surface area contributed by atoms with E-state index in [4.69, 9.17) is 23.2 Å². The minimum atomic E-state index is -0.0446. The van der Waals surface area contributed by atoms with Gasteiger partial charge in [0.05, 0.1) is 12.2 Å². The van der Waals surface area contributed by atoms with Gasteiger partial charge in [0.1, 0.15) is 5.82 Å². The van der Waals surface area contributed by atoms with Gasteiger partial charge in [0, 0.05) is 60.6 Å². The van der Waals surface area contributed by atoms with Crippen molar-refractivity contribution in [1.82, 2.24) is 14.7 Å². The monoisotopic (exact) mass is 443 g/mol. The molecule has 0 aliphatic carbocycles. The maximum atomic E-state index is 12.6. The molecular formula is C22H23Cl2N5O. The molecule has 0 bridgehead atoms. The fourth-order valence-corrected chi connectivity index (χ4v) is 3.88. The Kier molecular flexibility index (Phi) is 6.27. The van der Waals surface area contributed by atoms with Crippen LogP contribution in [0.4, 0.5) is 11.5 Å². The van der Waals surface area contributed by atoms with Crippen molar-refractivity contribution in [2.45, 2.75) is 0 Å². The van der Waals surface area contributed by atoms with Gasteiger partial charge >= 0.3 is 0 Å². The van der Waals surface area contributed by atoms with Crippen LogP contribution in [0.2, 0.25) is 10.0 Å². The third-order valence-electron chi connectivity index (χ3n) is 5.20. The fourth-order valence-electron chi connectivity index (χ4n) is 3.57. The molecule has 2 aromatic carbocycles. The van der Waals surface area contributed by atoms with E-state index in [-0.39, 0.29) is 5.91 Å². The number of hydrogen-bond donors (Lipinski definition) is 1. The van der Waals surface area contributed by atoms with Crippen LogP contribution in [0.1, 0.15) is 0 Å². The van der Waals surface area contributed by atoms with E-state index in [0.717, 1.165) is 48.1 Å². The molecule has 0 unspecified atom stereocenters. The zero-order chi connectivity index (χ0) is 21.1. The van der Waals surface area contributed by atoms with Gasteiger partial charge in [-0.15, -0.1) is 0 Å². The molecule has 3 aromatic rings. The summed E-state index contributed by atoms with van der Waals surface area (Å²) >= 11 is 12.0. The SMILES string of the molecule is Cn1nc(-c2ccc(Cl)cc2)cc1NC(=O)CN1CCN(c2cccc(Cl)c2)CC1. The normalized spacial score (nSPS) is 14.7. The van der Waals surface area contributed by atoms with Crippen molar-refractivity contribution in [2.24, 2.45) is 7.05 Å². The predicted molar refractivity (Wildman–Crippen MR) is 122 cm³/mol. The van der Waals surface area contributed by atoms with E-state index in [1.807, 2.05) is 55.6 Å². The van der Waals surface area contributed by atoms with Crippen molar-refractivity contribution in [2.75, 3.05) is 42.9 Å². The lowest BCUT2D eigenvalue weighted by molar-refractivity contribution is -0.117. The Hall–Kier alpha value is -2.54. The Morgan fingerprint density at radius 2 is 1.73 bits per heavy atom. The summed E-state index contributed by atoms with van der Waals surface area (Å²) in [4.78, 5) is 17.0. The Labute approximate surface area is 186 Å². The highest BCUT2D eigenvalue weighted by Crippen LogP contribution is 2.23. The Morgan fingerprint density at radius 1 is 1.00 bits per heavy atom. The molecule has 0 saturated carbocycles. The number of carbonyl (C=O) groups excluding carboxylic acids is 1. The summed E-state index contributed by atoms with van der Waals surface area (Å²) in [6, 6.07) is 17.2. The van der Waals surface area contributed by atoms with Gasteiger partial charge in [0.25, 0.3) is 0 Å². The summed E-state index contributed by atoms with van der Waals surface area (Å²) in [5, 5.41) is 8.88. The van der Waals surface area contributed by atoms with Gasteiger partial charge in [0.2, 0.25) is 5.91 Å². The summed E-state index contributed by atoms with van der Waals surface area (Å²) in [6.07, 6.45) is 0. The first-order valence-electron chi connectivity index (χ1n) is 9.80. The molecule has 1 saturated heterocycles. The lowest BCUT2D eigenvalue weighted by Gasteiger charge is -2.35. The van der Waals surface area contributed by atoms with Crippen molar-refractivity contribution in [3.63, 3.8) is 0 Å². The first-order valence-corrected chi connectivity index (χ1v) is 10.6. The highest BCUT2D eigenvalue weighted by molar-refractivity contribution is 6.31. The number of anilines is 2. The van der Waals surface area contributed by atoms with E-state index in [2.05, 4.69) is 26.3 Å². The molecule has 1 N–H and O–H groups in total. The Balaban J connectivity index is 1.32. The number of carbonyl (C=O) groups is 1. The van der Waals surface area contributed by atoms with E-state index in [1.54, 1.807) is 4.68 Å². The van der Waals surface area contributed by atoms with Gasteiger partial charge in [-0.25, -0.2) is 0 Å². The molecule has 0 spiro atoms. The first-order chi connectivity index (χ1) is 14.5. The number of aryl methyl sites for hydroxylation is 1. The van der Waals surface area contributed by atoms with E-state index in [1.165, 1.54) is 0 Å². The maximum absolute atomic E-state index is 12.6. The van der Waals surface area contributed by atoms with Crippen molar-refractivity contribution >= 4 is 40.6 Å². The van der Waals surface area contributed by atoms with E-state index in [9.17, 15) is 4.79 Å². The Morgan fingerprint density at radius 3 is 2.43 bits per heavy atom. The summed E-state index contributed by atoms with van der Waals surface area (Å²) in [7, 11) is 1.82. The summed E-state index contributed by atoms with van der Waals surface area (Å²) in [6.45, 7) is 3.72. The second-order valence-electron chi connectivity index (χ2n) is 7.34. The number of aromatic nitrogens is 2. The molecule has 1 aliphatic heterocycles. The van der Waals surface area contributed by atoms with Crippen LogP contribution < -0.4 is 10.2 Å². The molecular weight excluding hydrogens is 421 g/mol. The smallest absolute Gasteiger partial charge is 0.239 e. The molecule has 2 heterocycles. The fraction of sp³-hybridized carbons (Fsp3) is 0.273. The van der Waals surface area contributed by atoms with Crippen LogP contribution in [0.5, 0.6) is 0 Å². The maximum Gasteiger partial charge on any atom is 0.239 e. The van der Waals surface area contributed by atoms with Crippen molar-refractivity contribution < 1.29 is 4.79 Å². The molecule has 30 heavy (non-hydrogen) atoms. The summed E-state index contributed by atoms with van der Waals surface area (Å²) in [5.41, 5.74) is 2.86. The van der Waals surface area contributed by atoms with E-state index >= 15 is 0 Å². The molecule has 1 amide bonds. The molecule has 8 heteroatoms. The molecule has 156 valence electrons. The van der Waals surface area contributed by atoms with Gasteiger partial charge in [-0.3, -0.25) is 14.4 Å². The highest BCUT2D eigenvalue weighted by Gasteiger charge is 2.20. The van der Waals surface area contributed by atoms with E-state index in [0.29, 0.717) is 17.4 Å². The van der Waals surface area contributed by atoms with Gasteiger partial charge in [-0.05, 0) is 30.3 Å². The number of piperazine rings is 1. The zero-order valence-corrected chi connectivity index (χ0v) is 18.2. The average Bonchev–Trinajstić information content (AvgIpc) is 3.09. The predicted octanol–water partition coefficient (Wildman–Crippen LogP) is 4.15. The highest BCUT2D eigenvalue weighted by atomic mass is 35.5. The van der Waals surface area contributed by atoms with Crippen LogP contribution in [-0.2, 0) is 11.8 Å². The molecule has 1 fully saturated rings. The minimum absolute atomic E-state index is 0.0446. The van der Waals surface area contributed by atoms with Crippen LogP contribution in [0.25, 0.3) is 11.3 Å². The molecule has 0 atom stereocenters. The molecule has 4 rings (SSSR count). The van der Waals surface area contributed by atoms with Gasteiger partial charge < -0.3 is 10.2 Å². The third-order valence-corrected chi connectivity index (χ3v) is 5.69. The van der Waals surface area contributed by atoms with Crippen molar-refractivity contribution in [1.29, 1.82) is 0 Å². The standard InChI is InChI=1S/C22H23Cl2N5O/c1-27-21(14-20(26-27)16-5-7-17(23)8-6-16)25-22(30)15-28-9-11-29(12-10-28)19-4-2-3-18(24)13-19/h2-8,13-14H,9-12,15H2,1H3,(H,25,30). The van der Waals surface area contributed by atoms with Gasteiger partial charge in [0.15, 0.2) is 0 Å². The number of benzene rings is 2. The number of nitrogens with one attached hydrogen (secondary N) is 1. The third kappa shape index (κ3) is 4.95. The topological polar surface area (TPSA) is 53.4 Å². The van der Waals surface area contributed by atoms with Crippen LogP contribution in [0.15, 0.2) is 54.6 Å². The van der Waals surface area contributed by atoms with Gasteiger partial charge in [-0.1, -0.05) is 41.4 Å². The number of amides is 1.